The van der Waals surface area contributed by atoms with Crippen LogP contribution in [0.3, 0.4) is 0 Å². The van der Waals surface area contributed by atoms with Gasteiger partial charge in [-0.15, -0.1) is 0 Å². The van der Waals surface area contributed by atoms with Crippen molar-refractivity contribution in [2.45, 2.75) is 103 Å². The van der Waals surface area contributed by atoms with Crippen molar-refractivity contribution in [3.05, 3.63) is 35.4 Å². The van der Waals surface area contributed by atoms with Crippen LogP contribution in [-0.4, -0.2) is 11.1 Å². The SMILES string of the molecule is CCCCCCCCCCCCCCCCc1ccc(C(=O)O)cc1. The Balaban J connectivity index is 1.85. The van der Waals surface area contributed by atoms with Crippen molar-refractivity contribution < 1.29 is 9.90 Å². The van der Waals surface area contributed by atoms with Gasteiger partial charge in [-0.2, -0.15) is 0 Å². The monoisotopic (exact) mass is 346 g/mol. The van der Waals surface area contributed by atoms with Crippen LogP contribution in [0.1, 0.15) is 113 Å². The van der Waals surface area contributed by atoms with Gasteiger partial charge in [0.2, 0.25) is 0 Å². The fraction of sp³-hybridized carbons (Fsp3) is 0.696. The minimum absolute atomic E-state index is 0.379. The number of hydrogen-bond acceptors (Lipinski definition) is 1. The highest BCUT2D eigenvalue weighted by Crippen LogP contribution is 2.14. The highest BCUT2D eigenvalue weighted by molar-refractivity contribution is 5.87. The normalized spacial score (nSPS) is 10.9. The van der Waals surface area contributed by atoms with Crippen LogP contribution in [0.4, 0.5) is 0 Å². The molecule has 1 aromatic carbocycles. The average Bonchev–Trinajstić information content (AvgIpc) is 2.62. The number of carboxylic acids is 1. The van der Waals surface area contributed by atoms with Crippen LogP contribution < -0.4 is 0 Å². The van der Waals surface area contributed by atoms with Gasteiger partial charge in [0.05, 0.1) is 5.56 Å². The smallest absolute Gasteiger partial charge is 0.335 e. The molecule has 25 heavy (non-hydrogen) atoms. The first-order chi connectivity index (χ1) is 12.2. The van der Waals surface area contributed by atoms with E-state index in [0.717, 1.165) is 6.42 Å². The van der Waals surface area contributed by atoms with Gasteiger partial charge >= 0.3 is 5.97 Å². The number of hydrogen-bond donors (Lipinski definition) is 1. The predicted molar refractivity (Wildman–Crippen MR) is 107 cm³/mol. The quantitative estimate of drug-likeness (QED) is 0.316. The highest BCUT2D eigenvalue weighted by Gasteiger charge is 2.01. The number of aryl methyl sites for hydroxylation is 1. The van der Waals surface area contributed by atoms with E-state index in [1.807, 2.05) is 12.1 Å². The number of benzene rings is 1. The number of rotatable bonds is 16. The van der Waals surface area contributed by atoms with Gasteiger partial charge in [-0.05, 0) is 30.5 Å². The average molecular weight is 347 g/mol. The minimum atomic E-state index is -0.844. The second kappa shape index (κ2) is 15.0. The summed E-state index contributed by atoms with van der Waals surface area (Å²) >= 11 is 0. The van der Waals surface area contributed by atoms with Gasteiger partial charge in [0.1, 0.15) is 0 Å². The Bertz CT molecular complexity index is 436. The predicted octanol–water partition coefficient (Wildman–Crippen LogP) is 7.41. The Morgan fingerprint density at radius 3 is 1.48 bits per heavy atom. The molecule has 1 N–H and O–H groups in total. The van der Waals surface area contributed by atoms with Crippen LogP contribution in [0, 0.1) is 0 Å². The van der Waals surface area contributed by atoms with E-state index in [-0.39, 0.29) is 0 Å². The van der Waals surface area contributed by atoms with Gasteiger partial charge in [-0.1, -0.05) is 103 Å². The van der Waals surface area contributed by atoms with E-state index in [1.165, 1.54) is 95.5 Å². The number of unbranched alkanes of at least 4 members (excludes halogenated alkanes) is 13. The first-order valence-corrected chi connectivity index (χ1v) is 10.6. The summed E-state index contributed by atoms with van der Waals surface area (Å²) in [6.07, 6.45) is 20.4. The molecule has 0 aliphatic carbocycles. The Labute approximate surface area is 155 Å². The van der Waals surface area contributed by atoms with Crippen molar-refractivity contribution in [2.75, 3.05) is 0 Å². The molecule has 0 bridgehead atoms. The maximum atomic E-state index is 10.8. The van der Waals surface area contributed by atoms with E-state index in [0.29, 0.717) is 5.56 Å². The molecule has 0 atom stereocenters. The fourth-order valence-electron chi connectivity index (χ4n) is 3.34. The van der Waals surface area contributed by atoms with Gasteiger partial charge in [-0.25, -0.2) is 4.79 Å². The molecule has 0 unspecified atom stereocenters. The van der Waals surface area contributed by atoms with Crippen molar-refractivity contribution in [1.29, 1.82) is 0 Å². The molecule has 142 valence electrons. The Kier molecular flexibility index (Phi) is 13.0. The van der Waals surface area contributed by atoms with E-state index in [1.54, 1.807) is 12.1 Å². The van der Waals surface area contributed by atoms with Crippen molar-refractivity contribution in [3.63, 3.8) is 0 Å². The molecule has 0 radical (unpaired) electrons. The zero-order valence-electron chi connectivity index (χ0n) is 16.3. The van der Waals surface area contributed by atoms with Gasteiger partial charge < -0.3 is 5.11 Å². The van der Waals surface area contributed by atoms with Crippen LogP contribution in [0.5, 0.6) is 0 Å². The minimum Gasteiger partial charge on any atom is -0.478 e. The zero-order chi connectivity index (χ0) is 18.2. The van der Waals surface area contributed by atoms with Crippen molar-refractivity contribution in [2.24, 2.45) is 0 Å². The van der Waals surface area contributed by atoms with Crippen molar-refractivity contribution >= 4 is 5.97 Å². The molecule has 1 aromatic rings. The summed E-state index contributed by atoms with van der Waals surface area (Å²) in [6.45, 7) is 2.28. The Hall–Kier alpha value is -1.31. The molecule has 2 nitrogen and oxygen atoms in total. The van der Waals surface area contributed by atoms with Crippen LogP contribution >= 0.6 is 0 Å². The van der Waals surface area contributed by atoms with Crippen LogP contribution in [-0.2, 0) is 6.42 Å². The van der Waals surface area contributed by atoms with E-state index < -0.39 is 5.97 Å². The van der Waals surface area contributed by atoms with E-state index >= 15 is 0 Å². The second-order valence-electron chi connectivity index (χ2n) is 7.35. The van der Waals surface area contributed by atoms with Crippen molar-refractivity contribution in [1.82, 2.24) is 0 Å². The van der Waals surface area contributed by atoms with E-state index in [9.17, 15) is 4.79 Å². The third-order valence-electron chi connectivity index (χ3n) is 5.02. The molecule has 2 heteroatoms. The lowest BCUT2D eigenvalue weighted by Gasteiger charge is -2.04. The third kappa shape index (κ3) is 11.8. The molecular formula is C23H38O2. The van der Waals surface area contributed by atoms with Gasteiger partial charge in [0, 0.05) is 0 Å². The summed E-state index contributed by atoms with van der Waals surface area (Å²) in [5, 5.41) is 8.88. The van der Waals surface area contributed by atoms with Gasteiger partial charge in [0.15, 0.2) is 0 Å². The van der Waals surface area contributed by atoms with E-state index in [2.05, 4.69) is 6.92 Å². The molecule has 0 heterocycles. The molecule has 0 amide bonds. The molecular weight excluding hydrogens is 308 g/mol. The van der Waals surface area contributed by atoms with Crippen LogP contribution in [0.2, 0.25) is 0 Å². The van der Waals surface area contributed by atoms with Crippen molar-refractivity contribution in [3.8, 4) is 0 Å². The largest absolute Gasteiger partial charge is 0.478 e. The lowest BCUT2D eigenvalue weighted by molar-refractivity contribution is 0.0697. The maximum Gasteiger partial charge on any atom is 0.335 e. The molecule has 0 saturated heterocycles. The summed E-state index contributed by atoms with van der Waals surface area (Å²) < 4.78 is 0. The molecule has 0 saturated carbocycles. The van der Waals surface area contributed by atoms with Gasteiger partial charge in [-0.3, -0.25) is 0 Å². The molecule has 0 aliphatic rings. The molecule has 0 spiro atoms. The standard InChI is InChI=1S/C23H38O2/c1-2-3-4-5-6-7-8-9-10-11-12-13-14-15-16-21-17-19-22(20-18-21)23(24)25/h17-20H,2-16H2,1H3,(H,24,25). The number of aromatic carboxylic acids is 1. The molecule has 0 fully saturated rings. The Morgan fingerprint density at radius 2 is 1.08 bits per heavy atom. The lowest BCUT2D eigenvalue weighted by Crippen LogP contribution is -1.96. The first kappa shape index (κ1) is 21.7. The fourth-order valence-corrected chi connectivity index (χ4v) is 3.34. The van der Waals surface area contributed by atoms with E-state index in [4.69, 9.17) is 5.11 Å². The van der Waals surface area contributed by atoms with Crippen LogP contribution in [0.25, 0.3) is 0 Å². The maximum absolute atomic E-state index is 10.8. The summed E-state index contributed by atoms with van der Waals surface area (Å²) in [7, 11) is 0. The zero-order valence-corrected chi connectivity index (χ0v) is 16.3. The number of carbonyl (C=O) groups is 1. The lowest BCUT2D eigenvalue weighted by atomic mass is 10.0. The summed E-state index contributed by atoms with van der Waals surface area (Å²) in [6, 6.07) is 7.32. The topological polar surface area (TPSA) is 37.3 Å². The molecule has 0 aliphatic heterocycles. The number of carboxylic acid groups (broad SMARTS) is 1. The first-order valence-electron chi connectivity index (χ1n) is 10.6. The Morgan fingerprint density at radius 1 is 0.680 bits per heavy atom. The summed E-state index contributed by atoms with van der Waals surface area (Å²) in [4.78, 5) is 10.8. The highest BCUT2D eigenvalue weighted by atomic mass is 16.4. The molecule has 0 aromatic heterocycles. The van der Waals surface area contributed by atoms with Crippen LogP contribution in [0.15, 0.2) is 24.3 Å². The second-order valence-corrected chi connectivity index (χ2v) is 7.35. The third-order valence-corrected chi connectivity index (χ3v) is 5.02. The summed E-state index contributed by atoms with van der Waals surface area (Å²) in [5.41, 5.74) is 1.63. The van der Waals surface area contributed by atoms with Gasteiger partial charge in [0.25, 0.3) is 0 Å². The summed E-state index contributed by atoms with van der Waals surface area (Å²) in [5.74, 6) is -0.844. The molecule has 1 rings (SSSR count).